The van der Waals surface area contributed by atoms with Crippen LogP contribution < -0.4 is 5.73 Å². The van der Waals surface area contributed by atoms with E-state index in [-0.39, 0.29) is 5.54 Å². The first-order chi connectivity index (χ1) is 7.98. The van der Waals surface area contributed by atoms with E-state index in [1.54, 1.807) is 0 Å². The maximum atomic E-state index is 6.11. The van der Waals surface area contributed by atoms with Crippen molar-refractivity contribution in [3.63, 3.8) is 0 Å². The first kappa shape index (κ1) is 11.8. The Morgan fingerprint density at radius 3 is 2.18 bits per heavy atom. The molecule has 0 fully saturated rings. The predicted molar refractivity (Wildman–Crippen MR) is 71.6 cm³/mol. The quantitative estimate of drug-likeness (QED) is 0.853. The van der Waals surface area contributed by atoms with Gasteiger partial charge in [0.2, 0.25) is 0 Å². The van der Waals surface area contributed by atoms with Crippen LogP contribution in [0.3, 0.4) is 0 Å². The molecule has 0 aliphatic rings. The number of rotatable bonds is 2. The molecule has 2 heteroatoms. The molecule has 2 nitrogen and oxygen atoms in total. The van der Waals surface area contributed by atoms with Crippen molar-refractivity contribution in [3.8, 4) is 11.3 Å². The number of hydrogen-bond donors (Lipinski definition) is 1. The second-order valence-corrected chi connectivity index (χ2v) is 4.92. The highest BCUT2D eigenvalue weighted by Gasteiger charge is 2.17. The third kappa shape index (κ3) is 2.53. The van der Waals surface area contributed by atoms with Crippen LogP contribution in [0, 0.1) is 6.92 Å². The Balaban J connectivity index is 2.45. The maximum absolute atomic E-state index is 6.11. The molecular formula is C15H18N2. The molecule has 0 saturated heterocycles. The highest BCUT2D eigenvalue weighted by atomic mass is 14.8. The minimum Gasteiger partial charge on any atom is -0.322 e. The molecule has 2 rings (SSSR count). The molecule has 0 unspecified atom stereocenters. The zero-order chi connectivity index (χ0) is 12.5. The Kier molecular flexibility index (Phi) is 2.99. The van der Waals surface area contributed by atoms with Gasteiger partial charge < -0.3 is 5.73 Å². The molecule has 0 amide bonds. The van der Waals surface area contributed by atoms with E-state index in [2.05, 4.69) is 23.2 Å². The van der Waals surface area contributed by atoms with E-state index in [1.807, 2.05) is 45.0 Å². The van der Waals surface area contributed by atoms with Gasteiger partial charge in [-0.3, -0.25) is 4.98 Å². The molecule has 2 aromatic rings. The van der Waals surface area contributed by atoms with E-state index in [9.17, 15) is 0 Å². The van der Waals surface area contributed by atoms with E-state index in [1.165, 1.54) is 0 Å². The van der Waals surface area contributed by atoms with Crippen LogP contribution in [-0.4, -0.2) is 4.98 Å². The molecule has 1 aromatic heterocycles. The van der Waals surface area contributed by atoms with E-state index < -0.39 is 0 Å². The molecule has 88 valence electrons. The van der Waals surface area contributed by atoms with Gasteiger partial charge in [-0.1, -0.05) is 36.4 Å². The summed E-state index contributed by atoms with van der Waals surface area (Å²) in [6, 6.07) is 14.3. The van der Waals surface area contributed by atoms with E-state index >= 15 is 0 Å². The van der Waals surface area contributed by atoms with Gasteiger partial charge in [0.15, 0.2) is 0 Å². The highest BCUT2D eigenvalue weighted by molar-refractivity contribution is 5.59. The van der Waals surface area contributed by atoms with Crippen LogP contribution in [0.2, 0.25) is 0 Å². The Morgan fingerprint density at radius 2 is 1.65 bits per heavy atom. The van der Waals surface area contributed by atoms with Crippen molar-refractivity contribution in [2.75, 3.05) is 0 Å². The van der Waals surface area contributed by atoms with Crippen molar-refractivity contribution < 1.29 is 0 Å². The summed E-state index contributed by atoms with van der Waals surface area (Å²) in [5, 5.41) is 0. The molecule has 1 aromatic carbocycles. The number of nitrogens with two attached hydrogens (primary N) is 1. The molecule has 0 bridgehead atoms. The minimum absolute atomic E-state index is 0.341. The van der Waals surface area contributed by atoms with E-state index in [0.29, 0.717) is 0 Å². The van der Waals surface area contributed by atoms with Gasteiger partial charge >= 0.3 is 0 Å². The van der Waals surface area contributed by atoms with Gasteiger partial charge in [0.05, 0.1) is 5.69 Å². The van der Waals surface area contributed by atoms with Crippen molar-refractivity contribution in [2.24, 2.45) is 5.73 Å². The number of nitrogens with zero attached hydrogens (tertiary/aromatic N) is 1. The third-order valence-electron chi connectivity index (χ3n) is 2.85. The molecule has 0 spiro atoms. The fourth-order valence-corrected chi connectivity index (χ4v) is 2.01. The van der Waals surface area contributed by atoms with Gasteiger partial charge in [0.25, 0.3) is 0 Å². The van der Waals surface area contributed by atoms with Crippen LogP contribution >= 0.6 is 0 Å². The fraction of sp³-hybridized carbons (Fsp3) is 0.267. The number of benzene rings is 1. The first-order valence-electron chi connectivity index (χ1n) is 5.81. The maximum Gasteiger partial charge on any atom is 0.0705 e. The van der Waals surface area contributed by atoms with E-state index in [4.69, 9.17) is 5.73 Å². The lowest BCUT2D eigenvalue weighted by Gasteiger charge is -2.21. The Labute approximate surface area is 103 Å². The lowest BCUT2D eigenvalue weighted by molar-refractivity contribution is 0.548. The monoisotopic (exact) mass is 226 g/mol. The topological polar surface area (TPSA) is 38.9 Å². The zero-order valence-corrected chi connectivity index (χ0v) is 10.6. The van der Waals surface area contributed by atoms with Crippen LogP contribution in [0.15, 0.2) is 42.5 Å². The molecule has 0 aliphatic heterocycles. The normalized spacial score (nSPS) is 11.5. The molecule has 17 heavy (non-hydrogen) atoms. The Morgan fingerprint density at radius 1 is 1.00 bits per heavy atom. The van der Waals surface area contributed by atoms with Crippen LogP contribution in [0.25, 0.3) is 11.3 Å². The third-order valence-corrected chi connectivity index (χ3v) is 2.85. The predicted octanol–water partition coefficient (Wildman–Crippen LogP) is 3.25. The molecule has 0 radical (unpaired) electrons. The van der Waals surface area contributed by atoms with Gasteiger partial charge in [-0.2, -0.15) is 0 Å². The molecule has 0 aliphatic carbocycles. The standard InChI is InChI=1S/C15H18N2/c1-11-13(15(2,3)16)9-10-14(17-11)12-7-5-4-6-8-12/h4-10H,16H2,1-3H3. The Bertz CT molecular complexity index is 510. The summed E-state index contributed by atoms with van der Waals surface area (Å²) in [6.45, 7) is 6.01. The number of hydrogen-bond acceptors (Lipinski definition) is 2. The van der Waals surface area contributed by atoms with Crippen molar-refractivity contribution >= 4 is 0 Å². The van der Waals surface area contributed by atoms with Crippen molar-refractivity contribution in [2.45, 2.75) is 26.3 Å². The summed E-state index contributed by atoms with van der Waals surface area (Å²) >= 11 is 0. The molecule has 2 N–H and O–H groups in total. The fourth-order valence-electron chi connectivity index (χ4n) is 2.01. The largest absolute Gasteiger partial charge is 0.322 e. The molecule has 0 atom stereocenters. The Hall–Kier alpha value is -1.67. The van der Waals surface area contributed by atoms with Gasteiger partial charge in [0.1, 0.15) is 0 Å². The van der Waals surface area contributed by atoms with Crippen molar-refractivity contribution in [1.82, 2.24) is 4.98 Å². The molecule has 1 heterocycles. The van der Waals surface area contributed by atoms with Crippen molar-refractivity contribution in [1.29, 1.82) is 0 Å². The SMILES string of the molecule is Cc1nc(-c2ccccc2)ccc1C(C)(C)N. The van der Waals surface area contributed by atoms with Crippen LogP contribution in [0.4, 0.5) is 0 Å². The first-order valence-corrected chi connectivity index (χ1v) is 5.81. The summed E-state index contributed by atoms with van der Waals surface area (Å²) in [5.74, 6) is 0. The minimum atomic E-state index is -0.341. The van der Waals surface area contributed by atoms with Crippen LogP contribution in [0.1, 0.15) is 25.1 Å². The van der Waals surface area contributed by atoms with Crippen molar-refractivity contribution in [3.05, 3.63) is 53.7 Å². The summed E-state index contributed by atoms with van der Waals surface area (Å²) in [7, 11) is 0. The lowest BCUT2D eigenvalue weighted by atomic mass is 9.93. The summed E-state index contributed by atoms with van der Waals surface area (Å²) in [5.41, 5.74) is 9.99. The van der Waals surface area contributed by atoms with Gasteiger partial charge in [-0.25, -0.2) is 0 Å². The van der Waals surface area contributed by atoms with Gasteiger partial charge in [0, 0.05) is 16.8 Å². The zero-order valence-electron chi connectivity index (χ0n) is 10.6. The average Bonchev–Trinajstić information content (AvgIpc) is 2.28. The van der Waals surface area contributed by atoms with Gasteiger partial charge in [-0.05, 0) is 32.4 Å². The highest BCUT2D eigenvalue weighted by Crippen LogP contribution is 2.23. The molecular weight excluding hydrogens is 208 g/mol. The van der Waals surface area contributed by atoms with Crippen LogP contribution in [0.5, 0.6) is 0 Å². The second-order valence-electron chi connectivity index (χ2n) is 4.92. The number of aromatic nitrogens is 1. The summed E-state index contributed by atoms with van der Waals surface area (Å²) in [4.78, 5) is 4.63. The summed E-state index contributed by atoms with van der Waals surface area (Å²) in [6.07, 6.45) is 0. The van der Waals surface area contributed by atoms with Crippen LogP contribution in [-0.2, 0) is 5.54 Å². The lowest BCUT2D eigenvalue weighted by Crippen LogP contribution is -2.29. The number of aryl methyl sites for hydroxylation is 1. The number of pyridine rings is 1. The average molecular weight is 226 g/mol. The smallest absolute Gasteiger partial charge is 0.0705 e. The summed E-state index contributed by atoms with van der Waals surface area (Å²) < 4.78 is 0. The second kappa shape index (κ2) is 4.30. The van der Waals surface area contributed by atoms with E-state index in [0.717, 1.165) is 22.5 Å². The molecule has 0 saturated carbocycles. The van der Waals surface area contributed by atoms with Gasteiger partial charge in [-0.15, -0.1) is 0 Å².